The normalized spacial score (nSPS) is 25.0. The number of aromatic hydroxyl groups is 1. The van der Waals surface area contributed by atoms with Gasteiger partial charge in [-0.05, 0) is 78.9 Å². The van der Waals surface area contributed by atoms with Gasteiger partial charge in [0.15, 0.2) is 11.6 Å². The van der Waals surface area contributed by atoms with E-state index in [1.54, 1.807) is 23.5 Å². The van der Waals surface area contributed by atoms with Crippen molar-refractivity contribution in [1.82, 2.24) is 40.4 Å². The molecule has 3 saturated heterocycles. The van der Waals surface area contributed by atoms with Gasteiger partial charge in [0, 0.05) is 76.5 Å². The zero-order valence-electron chi connectivity index (χ0n) is 38.0. The molecule has 0 spiro atoms. The molecule has 10 rings (SSSR count). The van der Waals surface area contributed by atoms with E-state index in [0.29, 0.717) is 53.4 Å². The molecule has 4 N–H and O–H groups in total. The number of β-amino-alcohol motifs (C(OH)–C–C–N with tert-alkyl or cyclic N) is 1. The van der Waals surface area contributed by atoms with Crippen molar-refractivity contribution in [2.45, 2.75) is 83.1 Å². The lowest BCUT2D eigenvalue weighted by atomic mass is 9.91. The number of nitrogens with zero attached hydrogens (tertiary/aromatic N) is 8. The van der Waals surface area contributed by atoms with Crippen LogP contribution in [0.4, 0.5) is 11.5 Å². The molecule has 3 aromatic heterocycles. The minimum absolute atomic E-state index is 0.0662. The topological polar surface area (TPSA) is 186 Å². The van der Waals surface area contributed by atoms with E-state index < -0.39 is 18.1 Å². The minimum Gasteiger partial charge on any atom is -0.507 e. The Hall–Kier alpha value is -5.62. The summed E-state index contributed by atoms with van der Waals surface area (Å²) >= 11 is 1.60. The highest BCUT2D eigenvalue weighted by molar-refractivity contribution is 7.13. The molecule has 0 bridgehead atoms. The number of aliphatic hydroxyl groups is 1. The number of hydrogen-bond acceptors (Lipinski definition) is 15. The molecule has 0 radical (unpaired) electrons. The molecule has 5 aliphatic rings. The van der Waals surface area contributed by atoms with Crippen LogP contribution in [0.1, 0.15) is 69.0 Å². The largest absolute Gasteiger partial charge is 0.507 e. The van der Waals surface area contributed by atoms with Gasteiger partial charge in [-0.15, -0.1) is 21.5 Å². The highest BCUT2D eigenvalue weighted by Gasteiger charge is 2.46. The average Bonchev–Trinajstić information content (AvgIpc) is 4.17. The van der Waals surface area contributed by atoms with Gasteiger partial charge in [0.1, 0.15) is 24.3 Å². The van der Waals surface area contributed by atoms with Crippen molar-refractivity contribution in [2.75, 3.05) is 69.2 Å². The summed E-state index contributed by atoms with van der Waals surface area (Å²) in [6.45, 7) is 15.0. The summed E-state index contributed by atoms with van der Waals surface area (Å²) in [5, 5.41) is 40.9. The lowest BCUT2D eigenvalue weighted by molar-refractivity contribution is -0.141. The van der Waals surface area contributed by atoms with Crippen molar-refractivity contribution in [2.24, 2.45) is 17.8 Å². The standard InChI is InChI=1S/C49H60N10O6S/c1-28(2)45(49(63)59-26-37(60)19-41(59)48(62)52-29(3)31-9-11-32(12-10-31)46-30(4)51-27-66-46)43-21-44(55-65-43)64-16-15-56-23-33-17-35(18-34(33)24-56)57-13-14-58-36(25-57)22-50-47-40(58)20-39(53-54-47)38-7-5-6-8-42(38)61/h5-12,20-21,27-29,33-37,41,45,60-61H,13-19,22-26H2,1-4H3,(H,50,54)(H,52,62)/t29-,33?,34?,35?,36-,37+,41-,45+/m0/s1. The van der Waals surface area contributed by atoms with Crippen LogP contribution in [0.25, 0.3) is 21.7 Å². The number of phenolic OH excluding ortho intramolecular Hbond substituents is 1. The monoisotopic (exact) mass is 916 g/mol. The fourth-order valence-electron chi connectivity index (χ4n) is 11.2. The Morgan fingerprint density at radius 1 is 0.970 bits per heavy atom. The van der Waals surface area contributed by atoms with Crippen molar-refractivity contribution in [3.05, 3.63) is 83.2 Å². The number of aromatic nitrogens is 4. The Bertz CT molecular complexity index is 2520. The fourth-order valence-corrected chi connectivity index (χ4v) is 12.0. The molecule has 7 heterocycles. The zero-order chi connectivity index (χ0) is 45.6. The molecule has 66 heavy (non-hydrogen) atoms. The Labute approximate surface area is 389 Å². The summed E-state index contributed by atoms with van der Waals surface area (Å²) in [5.41, 5.74) is 7.26. The molecule has 4 fully saturated rings. The summed E-state index contributed by atoms with van der Waals surface area (Å²) in [5.74, 6) is 1.61. The number of hydrogen-bond donors (Lipinski definition) is 4. The van der Waals surface area contributed by atoms with Crippen LogP contribution < -0.4 is 20.3 Å². The third kappa shape index (κ3) is 8.85. The van der Waals surface area contributed by atoms with E-state index in [1.165, 1.54) is 17.7 Å². The van der Waals surface area contributed by atoms with Gasteiger partial charge < -0.3 is 39.9 Å². The number of carbonyl (C=O) groups excluding carboxylic acids is 2. The van der Waals surface area contributed by atoms with Crippen molar-refractivity contribution in [1.29, 1.82) is 0 Å². The number of benzene rings is 2. The van der Waals surface area contributed by atoms with Crippen LogP contribution in [-0.4, -0.2) is 140 Å². The van der Waals surface area contributed by atoms with E-state index in [1.807, 2.05) is 75.7 Å². The van der Waals surface area contributed by atoms with Crippen LogP contribution in [0.5, 0.6) is 11.6 Å². The van der Waals surface area contributed by atoms with E-state index in [0.717, 1.165) is 79.0 Å². The second-order valence-corrected chi connectivity index (χ2v) is 20.1. The Kier molecular flexibility index (Phi) is 12.4. The first-order valence-electron chi connectivity index (χ1n) is 23.5. The Balaban J connectivity index is 0.690. The quantitative estimate of drug-likeness (QED) is 0.115. The van der Waals surface area contributed by atoms with E-state index >= 15 is 0 Å². The van der Waals surface area contributed by atoms with Crippen LogP contribution in [-0.2, 0) is 9.59 Å². The zero-order valence-corrected chi connectivity index (χ0v) is 38.9. The van der Waals surface area contributed by atoms with Crippen LogP contribution in [0.15, 0.2) is 70.7 Å². The van der Waals surface area contributed by atoms with Gasteiger partial charge in [-0.3, -0.25) is 19.4 Å². The number of carbonyl (C=O) groups is 2. The molecule has 2 amide bonds. The molecule has 1 aliphatic carbocycles. The molecule has 4 aliphatic heterocycles. The first kappa shape index (κ1) is 44.2. The number of amides is 2. The maximum absolute atomic E-state index is 14.2. The third-order valence-corrected chi connectivity index (χ3v) is 15.6. The first-order chi connectivity index (χ1) is 32.0. The third-order valence-electron chi connectivity index (χ3n) is 14.6. The molecular formula is C49H60N10O6S. The highest BCUT2D eigenvalue weighted by Crippen LogP contribution is 2.42. The van der Waals surface area contributed by atoms with Crippen molar-refractivity contribution >= 4 is 34.7 Å². The van der Waals surface area contributed by atoms with Gasteiger partial charge in [0.25, 0.3) is 5.88 Å². The molecule has 348 valence electrons. The SMILES string of the molecule is Cc1ncsc1-c1ccc([C@H](C)NC(=O)[C@@H]2C[C@@H](O)CN2C(=O)[C@@H](c2cc(OCCN3CC4CC(N5CCN6c7cc(-c8ccccc8O)nnc7NC[C@H]6C5)CC4C3)no2)C(C)C)cc1. The molecule has 7 atom stereocenters. The number of piperazine rings is 1. The number of nitrogens with one attached hydrogen (secondary N) is 2. The molecule has 17 heteroatoms. The minimum atomic E-state index is -0.816. The van der Waals surface area contributed by atoms with Gasteiger partial charge in [0.05, 0.1) is 45.7 Å². The number of ether oxygens (including phenoxy) is 1. The second kappa shape index (κ2) is 18.6. The van der Waals surface area contributed by atoms with Gasteiger partial charge in [-0.25, -0.2) is 4.98 Å². The van der Waals surface area contributed by atoms with Crippen LogP contribution >= 0.6 is 11.3 Å². The number of aliphatic hydroxyl groups excluding tert-OH is 1. The van der Waals surface area contributed by atoms with Gasteiger partial charge in [-0.2, -0.15) is 0 Å². The lowest BCUT2D eigenvalue weighted by Gasteiger charge is -2.47. The Morgan fingerprint density at radius 2 is 1.76 bits per heavy atom. The average molecular weight is 917 g/mol. The summed E-state index contributed by atoms with van der Waals surface area (Å²) in [7, 11) is 0. The number of thiazole rings is 1. The van der Waals surface area contributed by atoms with E-state index in [2.05, 4.69) is 51.7 Å². The molecule has 16 nitrogen and oxygen atoms in total. The van der Waals surface area contributed by atoms with Crippen LogP contribution in [0.2, 0.25) is 0 Å². The number of aryl methyl sites for hydroxylation is 1. The van der Waals surface area contributed by atoms with Crippen molar-refractivity contribution in [3.8, 4) is 33.3 Å². The summed E-state index contributed by atoms with van der Waals surface area (Å²) in [4.78, 5) is 42.6. The fraction of sp³-hybridized carbons (Fsp3) is 0.510. The maximum Gasteiger partial charge on any atom is 0.254 e. The van der Waals surface area contributed by atoms with Crippen molar-refractivity contribution in [3.63, 3.8) is 0 Å². The van der Waals surface area contributed by atoms with E-state index in [-0.39, 0.29) is 42.5 Å². The van der Waals surface area contributed by atoms with Crippen molar-refractivity contribution < 1.29 is 29.1 Å². The molecule has 5 aromatic rings. The Morgan fingerprint density at radius 3 is 2.50 bits per heavy atom. The first-order valence-corrected chi connectivity index (χ1v) is 24.4. The molecule has 1 saturated carbocycles. The highest BCUT2D eigenvalue weighted by atomic mass is 32.1. The summed E-state index contributed by atoms with van der Waals surface area (Å²) in [6.07, 6.45) is 1.76. The number of anilines is 2. The predicted octanol–water partition coefficient (Wildman–Crippen LogP) is 5.55. The lowest BCUT2D eigenvalue weighted by Crippen LogP contribution is -2.59. The van der Waals surface area contributed by atoms with Gasteiger partial charge in [0.2, 0.25) is 11.8 Å². The molecule has 2 unspecified atom stereocenters. The molecule has 2 aromatic carbocycles. The van der Waals surface area contributed by atoms with Gasteiger partial charge >= 0.3 is 0 Å². The summed E-state index contributed by atoms with van der Waals surface area (Å²) in [6, 6.07) is 18.9. The smallest absolute Gasteiger partial charge is 0.254 e. The number of rotatable bonds is 13. The maximum atomic E-state index is 14.2. The summed E-state index contributed by atoms with van der Waals surface area (Å²) < 4.78 is 11.9. The number of para-hydroxylation sites is 1. The van der Waals surface area contributed by atoms with Crippen LogP contribution in [0, 0.1) is 24.7 Å². The van der Waals surface area contributed by atoms with Crippen LogP contribution in [0.3, 0.4) is 0 Å². The number of fused-ring (bicyclic) bond motifs is 4. The predicted molar refractivity (Wildman–Crippen MR) is 251 cm³/mol. The second-order valence-electron chi connectivity index (χ2n) is 19.3. The van der Waals surface area contributed by atoms with E-state index in [4.69, 9.17) is 9.26 Å². The van der Waals surface area contributed by atoms with Gasteiger partial charge in [-0.1, -0.05) is 50.2 Å². The van der Waals surface area contributed by atoms with E-state index in [9.17, 15) is 19.8 Å². The molecular weight excluding hydrogens is 857 g/mol. The number of phenols is 1. The number of likely N-dealkylation sites (tertiary alicyclic amines) is 2.